The molecule has 0 spiro atoms. The van der Waals surface area contributed by atoms with Crippen LogP contribution in [0.4, 0.5) is 4.79 Å². The Labute approximate surface area is 68.1 Å². The number of carbonyl (C=O) groups excluding carboxylic acids is 1. The van der Waals surface area contributed by atoms with Crippen molar-refractivity contribution in [2.24, 2.45) is 0 Å². The molecule has 0 fully saturated rings. The molecule has 0 aliphatic carbocycles. The second-order valence-corrected chi connectivity index (χ2v) is 0.756. The van der Waals surface area contributed by atoms with Crippen LogP contribution in [0.25, 0.3) is 0 Å². The van der Waals surface area contributed by atoms with Crippen LogP contribution in [0.1, 0.15) is 0 Å². The molecule has 0 aromatic carbocycles. The summed E-state index contributed by atoms with van der Waals surface area (Å²) in [5.41, 5.74) is 0. The zero-order valence-corrected chi connectivity index (χ0v) is 7.03. The van der Waals surface area contributed by atoms with Crippen LogP contribution in [0.2, 0.25) is 0 Å². The van der Waals surface area contributed by atoms with E-state index in [2.05, 4.69) is 17.7 Å². The van der Waals surface area contributed by atoms with Crippen molar-refractivity contribution in [2.45, 2.75) is 0 Å². The van der Waals surface area contributed by atoms with Gasteiger partial charge in [0.25, 0.3) is 6.03 Å². The molecule has 0 aliphatic heterocycles. The van der Waals surface area contributed by atoms with Crippen molar-refractivity contribution in [3.63, 3.8) is 0 Å². The molecular formula is C3H7N2OY-. The number of carbonyl (C=O) groups is 1. The van der Waals surface area contributed by atoms with Crippen LogP contribution < -0.4 is 10.6 Å². The molecule has 0 saturated carbocycles. The van der Waals surface area contributed by atoms with Gasteiger partial charge in [0.1, 0.15) is 0 Å². The first-order chi connectivity index (χ1) is 2.81. The molecule has 0 unspecified atom stereocenters. The Kier molecular flexibility index (Phi) is 9.45. The van der Waals surface area contributed by atoms with E-state index in [0.717, 1.165) is 0 Å². The predicted octanol–water partition coefficient (Wildman–Crippen LogP) is -0.296. The molecule has 1 radical (unpaired) electrons. The van der Waals surface area contributed by atoms with Crippen LogP contribution in [0, 0.1) is 7.05 Å². The van der Waals surface area contributed by atoms with Crippen molar-refractivity contribution in [1.29, 1.82) is 0 Å². The van der Waals surface area contributed by atoms with Gasteiger partial charge in [0.15, 0.2) is 0 Å². The molecule has 4 heteroatoms. The maximum absolute atomic E-state index is 9.90. The number of hydrogen-bond acceptors (Lipinski definition) is 1. The number of urea groups is 1. The number of hydrogen-bond donors (Lipinski definition) is 2. The molecular weight excluding hydrogens is 169 g/mol. The second kappa shape index (κ2) is 6.37. The van der Waals surface area contributed by atoms with Crippen LogP contribution in [0.15, 0.2) is 0 Å². The third-order valence-corrected chi connectivity index (χ3v) is 0.388. The average Bonchev–Trinajstić information content (AvgIpc) is 1.65. The molecule has 2 amide bonds. The fraction of sp³-hybridized carbons (Fsp3) is 0.333. The normalized spacial score (nSPS) is 6.00. The van der Waals surface area contributed by atoms with Gasteiger partial charge in [-0.15, -0.1) is 0 Å². The molecule has 0 aromatic rings. The summed E-state index contributed by atoms with van der Waals surface area (Å²) in [5, 5.41) is 4.42. The SMILES string of the molecule is [CH2-]NC(=O)NC.[Y]. The molecule has 7 heavy (non-hydrogen) atoms. The van der Waals surface area contributed by atoms with Crippen molar-refractivity contribution < 1.29 is 37.5 Å². The Hall–Kier alpha value is 0.374. The molecule has 0 aliphatic rings. The minimum Gasteiger partial charge on any atom is -0.490 e. The summed E-state index contributed by atoms with van der Waals surface area (Å²) in [6.07, 6.45) is 0. The van der Waals surface area contributed by atoms with Crippen LogP contribution in [0.5, 0.6) is 0 Å². The third-order valence-electron chi connectivity index (χ3n) is 0.388. The molecule has 0 saturated heterocycles. The van der Waals surface area contributed by atoms with Gasteiger partial charge in [-0.1, -0.05) is 0 Å². The summed E-state index contributed by atoms with van der Waals surface area (Å²) in [6.45, 7) is 0. The summed E-state index contributed by atoms with van der Waals surface area (Å²) >= 11 is 0. The van der Waals surface area contributed by atoms with Crippen LogP contribution in [-0.2, 0) is 32.7 Å². The van der Waals surface area contributed by atoms with E-state index in [1.54, 1.807) is 0 Å². The maximum atomic E-state index is 9.90. The van der Waals surface area contributed by atoms with Gasteiger partial charge >= 0.3 is 0 Å². The Morgan fingerprint density at radius 3 is 2.14 bits per heavy atom. The third kappa shape index (κ3) is 6.37. The summed E-state index contributed by atoms with van der Waals surface area (Å²) in [4.78, 5) is 9.90. The molecule has 0 bridgehead atoms. The number of nitrogens with one attached hydrogen (secondary N) is 2. The smallest absolute Gasteiger partial charge is 0.284 e. The van der Waals surface area contributed by atoms with E-state index >= 15 is 0 Å². The minimum atomic E-state index is -0.269. The van der Waals surface area contributed by atoms with E-state index < -0.39 is 0 Å². The van der Waals surface area contributed by atoms with Crippen molar-refractivity contribution in [3.8, 4) is 0 Å². The van der Waals surface area contributed by atoms with Gasteiger partial charge < -0.3 is 10.6 Å². The average molecular weight is 176 g/mol. The Bertz CT molecular complexity index is 50.9. The second-order valence-electron chi connectivity index (χ2n) is 0.756. The molecule has 2 N–H and O–H groups in total. The summed E-state index contributed by atoms with van der Waals surface area (Å²) in [7, 11) is 4.62. The molecule has 3 nitrogen and oxygen atoms in total. The molecule has 39 valence electrons. The zero-order chi connectivity index (χ0) is 4.99. The van der Waals surface area contributed by atoms with Gasteiger partial charge in [-0.2, -0.15) is 0 Å². The van der Waals surface area contributed by atoms with E-state index in [1.807, 2.05) is 0 Å². The van der Waals surface area contributed by atoms with E-state index in [-0.39, 0.29) is 38.7 Å². The first-order valence-electron chi connectivity index (χ1n) is 1.56. The molecule has 0 heterocycles. The molecule has 0 atom stereocenters. The Morgan fingerprint density at radius 1 is 1.71 bits per heavy atom. The van der Waals surface area contributed by atoms with Gasteiger partial charge in [-0.25, -0.2) is 0 Å². The monoisotopic (exact) mass is 176 g/mol. The fourth-order valence-corrected chi connectivity index (χ4v) is 0.0884. The standard InChI is InChI=1S/C3H7N2O.Y/c1-4-3(6)5-2;/h1H2,2H3,(H2,4,5,6);/q-1;. The molecule has 0 aromatic heterocycles. The summed E-state index contributed by atoms with van der Waals surface area (Å²) in [5.74, 6) is 0. The van der Waals surface area contributed by atoms with E-state index in [4.69, 9.17) is 0 Å². The van der Waals surface area contributed by atoms with Gasteiger partial charge in [0.2, 0.25) is 0 Å². The summed E-state index contributed by atoms with van der Waals surface area (Å²) in [6, 6.07) is -0.269. The maximum Gasteiger partial charge on any atom is 0.284 e. The van der Waals surface area contributed by atoms with Crippen molar-refractivity contribution >= 4 is 6.03 Å². The van der Waals surface area contributed by atoms with Crippen molar-refractivity contribution in [3.05, 3.63) is 7.05 Å². The topological polar surface area (TPSA) is 41.1 Å². The first kappa shape index (κ1) is 10.4. The van der Waals surface area contributed by atoms with E-state index in [0.29, 0.717) is 0 Å². The van der Waals surface area contributed by atoms with Crippen LogP contribution in [0.3, 0.4) is 0 Å². The minimum absolute atomic E-state index is 0. The van der Waals surface area contributed by atoms with Crippen LogP contribution >= 0.6 is 0 Å². The van der Waals surface area contributed by atoms with Gasteiger partial charge in [0, 0.05) is 39.8 Å². The van der Waals surface area contributed by atoms with Gasteiger partial charge in [-0.3, -0.25) is 11.8 Å². The van der Waals surface area contributed by atoms with E-state index in [1.165, 1.54) is 7.05 Å². The Morgan fingerprint density at radius 2 is 2.14 bits per heavy atom. The molecule has 0 rings (SSSR count). The predicted molar refractivity (Wildman–Crippen MR) is 22.9 cm³/mol. The first-order valence-corrected chi connectivity index (χ1v) is 1.56. The largest absolute Gasteiger partial charge is 0.490 e. The van der Waals surface area contributed by atoms with Crippen LogP contribution in [-0.4, -0.2) is 13.1 Å². The van der Waals surface area contributed by atoms with Gasteiger partial charge in [-0.05, 0) is 0 Å². The zero-order valence-electron chi connectivity index (χ0n) is 4.19. The number of amides is 2. The van der Waals surface area contributed by atoms with E-state index in [9.17, 15) is 4.79 Å². The van der Waals surface area contributed by atoms with Crippen molar-refractivity contribution in [2.75, 3.05) is 7.05 Å². The van der Waals surface area contributed by atoms with Crippen molar-refractivity contribution in [1.82, 2.24) is 10.6 Å². The quantitative estimate of drug-likeness (QED) is 0.489. The van der Waals surface area contributed by atoms with Gasteiger partial charge in [0.05, 0.1) is 0 Å². The summed E-state index contributed by atoms with van der Waals surface area (Å²) < 4.78 is 0. The Balaban J connectivity index is 0. The number of rotatable bonds is 0. The fourth-order valence-electron chi connectivity index (χ4n) is 0.0884.